The topological polar surface area (TPSA) is 236 Å². The van der Waals surface area contributed by atoms with E-state index in [1.54, 1.807) is 49.4 Å². The van der Waals surface area contributed by atoms with Crippen molar-refractivity contribution < 1.29 is 39.0 Å². The van der Waals surface area contributed by atoms with Gasteiger partial charge in [-0.15, -0.1) is 0 Å². The fraction of sp³-hybridized carbons (Fsp3) is 0.366. The molecule has 1 aliphatic heterocycles. The lowest BCUT2D eigenvalue weighted by Gasteiger charge is -2.29. The largest absolute Gasteiger partial charge is 0.508 e. The van der Waals surface area contributed by atoms with Crippen LogP contribution in [0.15, 0.2) is 78.9 Å². The van der Waals surface area contributed by atoms with Gasteiger partial charge < -0.3 is 47.1 Å². The van der Waals surface area contributed by atoms with Gasteiger partial charge in [0.05, 0.1) is 6.54 Å². The van der Waals surface area contributed by atoms with Gasteiger partial charge in [0.15, 0.2) is 0 Å². The van der Waals surface area contributed by atoms with Crippen molar-refractivity contribution in [1.29, 1.82) is 0 Å². The maximum Gasteiger partial charge on any atom is 0.326 e. The Morgan fingerprint density at radius 3 is 2.18 bits per heavy atom. The molecule has 4 aromatic rings. The Hall–Kier alpha value is -6.22. The van der Waals surface area contributed by atoms with Crippen LogP contribution in [0, 0.1) is 5.92 Å². The Morgan fingerprint density at radius 2 is 1.50 bits per heavy atom. The number of nitrogens with one attached hydrogen (secondary N) is 5. The van der Waals surface area contributed by atoms with Crippen molar-refractivity contribution in [3.8, 4) is 5.75 Å². The highest BCUT2D eigenvalue weighted by Crippen LogP contribution is 2.28. The first-order chi connectivity index (χ1) is 26.9. The van der Waals surface area contributed by atoms with E-state index in [4.69, 9.17) is 5.73 Å². The molecule has 0 saturated carbocycles. The van der Waals surface area contributed by atoms with E-state index < -0.39 is 72.1 Å². The molecule has 0 saturated heterocycles. The number of benzene rings is 3. The number of nitrogens with two attached hydrogens (primary N) is 1. The molecular weight excluding hydrogens is 718 g/mol. The van der Waals surface area contributed by atoms with Crippen LogP contribution in [-0.2, 0) is 54.6 Å². The predicted octanol–water partition coefficient (Wildman–Crippen LogP) is 1.66. The number of carboxylic acid groups (broad SMARTS) is 1. The van der Waals surface area contributed by atoms with Gasteiger partial charge in [-0.05, 0) is 40.8 Å². The summed E-state index contributed by atoms with van der Waals surface area (Å²) in [6.45, 7) is 3.21. The van der Waals surface area contributed by atoms with Gasteiger partial charge in [0.1, 0.15) is 36.5 Å². The van der Waals surface area contributed by atoms with Crippen molar-refractivity contribution in [2.45, 2.75) is 76.7 Å². The molecule has 1 aliphatic rings. The van der Waals surface area contributed by atoms with Crippen LogP contribution in [0.5, 0.6) is 5.75 Å². The Bertz CT molecular complexity index is 2030. The summed E-state index contributed by atoms with van der Waals surface area (Å²) in [5.41, 5.74) is 9.18. The number of aromatic nitrogens is 1. The molecule has 5 rings (SSSR count). The van der Waals surface area contributed by atoms with Crippen molar-refractivity contribution in [2.24, 2.45) is 11.7 Å². The number of H-pyrrole nitrogens is 1. The van der Waals surface area contributed by atoms with E-state index >= 15 is 0 Å². The SMILES string of the molecule is CC[C@H](C)[C@H](NC(=O)[C@H](Cc1ccc(O)cc1)NC(=O)CCN)C(=O)N[C@H]1Cc2c([nH]c3ccccc23)CN(CC(=O)N[C@@H](Cc2ccccc2)C(=O)O)C1=O. The standard InChI is InChI=1S/C41H49N7O8/c1-3-24(2)37(47-38(52)31(44-35(50)17-18-42)19-26-13-15-27(49)16-14-26)39(53)46-32-21-29-28-11-7-8-12-30(28)43-34(29)22-48(40(32)54)23-36(51)45-33(41(55)56)20-25-9-5-4-6-10-25/h4-16,24,31-33,37,43,49H,3,17-23,42H2,1-2H3,(H,44,50)(H,45,51)(H,46,53)(H,47,52)(H,55,56)/t24-,31-,32-,33-,37-/m0/s1. The smallest absolute Gasteiger partial charge is 0.326 e. The second-order valence-corrected chi connectivity index (χ2v) is 14.1. The molecular formula is C41H49N7O8. The molecule has 56 heavy (non-hydrogen) atoms. The van der Waals surface area contributed by atoms with Crippen LogP contribution >= 0.6 is 0 Å². The molecule has 2 heterocycles. The number of para-hydroxylation sites is 1. The number of carbonyl (C=O) groups excluding carboxylic acids is 5. The first-order valence-corrected chi connectivity index (χ1v) is 18.7. The van der Waals surface area contributed by atoms with E-state index in [0.717, 1.165) is 16.5 Å². The highest BCUT2D eigenvalue weighted by molar-refractivity contribution is 5.97. The predicted molar refractivity (Wildman–Crippen MR) is 208 cm³/mol. The average molecular weight is 768 g/mol. The van der Waals surface area contributed by atoms with E-state index in [0.29, 0.717) is 23.2 Å². The van der Waals surface area contributed by atoms with Gasteiger partial charge >= 0.3 is 5.97 Å². The van der Waals surface area contributed by atoms with Crippen LogP contribution in [0.3, 0.4) is 0 Å². The summed E-state index contributed by atoms with van der Waals surface area (Å²) in [6, 6.07) is 17.9. The van der Waals surface area contributed by atoms with Crippen molar-refractivity contribution in [2.75, 3.05) is 13.1 Å². The van der Waals surface area contributed by atoms with Gasteiger partial charge in [-0.2, -0.15) is 0 Å². The van der Waals surface area contributed by atoms with E-state index in [2.05, 4.69) is 26.3 Å². The third-order valence-electron chi connectivity index (χ3n) is 10.0. The van der Waals surface area contributed by atoms with Crippen LogP contribution in [0.2, 0.25) is 0 Å². The van der Waals surface area contributed by atoms with Crippen molar-refractivity contribution >= 4 is 46.4 Å². The summed E-state index contributed by atoms with van der Waals surface area (Å²) in [7, 11) is 0. The number of phenolic OH excluding ortho intramolecular Hbond substituents is 1. The molecule has 0 fully saturated rings. The van der Waals surface area contributed by atoms with Gasteiger partial charge in [0.2, 0.25) is 29.5 Å². The molecule has 15 nitrogen and oxygen atoms in total. The number of hydrogen-bond acceptors (Lipinski definition) is 8. The van der Waals surface area contributed by atoms with Gasteiger partial charge in [0, 0.05) is 48.8 Å². The number of nitrogens with zero attached hydrogens (tertiary/aromatic N) is 1. The molecule has 0 unspecified atom stereocenters. The minimum absolute atomic E-state index is 0.00791. The van der Waals surface area contributed by atoms with Crippen LogP contribution in [0.1, 0.15) is 49.1 Å². The molecule has 15 heteroatoms. The fourth-order valence-electron chi connectivity index (χ4n) is 6.81. The second-order valence-electron chi connectivity index (χ2n) is 14.1. The molecule has 0 aliphatic carbocycles. The Morgan fingerprint density at radius 1 is 0.857 bits per heavy atom. The summed E-state index contributed by atoms with van der Waals surface area (Å²) in [4.78, 5) is 85.1. The first kappa shape index (κ1) is 41.0. The lowest BCUT2D eigenvalue weighted by atomic mass is 9.96. The normalized spacial score (nSPS) is 16.1. The summed E-state index contributed by atoms with van der Waals surface area (Å²) >= 11 is 0. The molecule has 0 radical (unpaired) electrons. The number of aliphatic carboxylic acids is 1. The molecule has 1 aromatic heterocycles. The Labute approximate surface area is 324 Å². The number of carboxylic acids is 1. The van der Waals surface area contributed by atoms with E-state index in [1.807, 2.05) is 31.2 Å². The third kappa shape index (κ3) is 10.5. The number of aromatic hydroxyl groups is 1. The monoisotopic (exact) mass is 767 g/mol. The van der Waals surface area contributed by atoms with E-state index in [1.165, 1.54) is 17.0 Å². The zero-order valence-electron chi connectivity index (χ0n) is 31.4. The fourth-order valence-corrected chi connectivity index (χ4v) is 6.81. The molecule has 0 bridgehead atoms. The number of hydrogen-bond donors (Lipinski definition) is 8. The number of carbonyl (C=O) groups is 6. The average Bonchev–Trinajstić information content (AvgIpc) is 3.46. The number of fused-ring (bicyclic) bond motifs is 3. The van der Waals surface area contributed by atoms with Crippen molar-refractivity contribution in [3.63, 3.8) is 0 Å². The van der Waals surface area contributed by atoms with Crippen molar-refractivity contribution in [1.82, 2.24) is 31.2 Å². The summed E-state index contributed by atoms with van der Waals surface area (Å²) in [5, 5.41) is 31.4. The van der Waals surface area contributed by atoms with Gasteiger partial charge in [0.25, 0.3) is 0 Å². The maximum absolute atomic E-state index is 14.3. The third-order valence-corrected chi connectivity index (χ3v) is 10.0. The minimum atomic E-state index is -1.25. The summed E-state index contributed by atoms with van der Waals surface area (Å²) in [5.74, 6) is -4.56. The van der Waals surface area contributed by atoms with E-state index in [9.17, 15) is 39.0 Å². The molecule has 5 atom stereocenters. The zero-order valence-corrected chi connectivity index (χ0v) is 31.4. The van der Waals surface area contributed by atoms with Crippen LogP contribution in [0.4, 0.5) is 0 Å². The number of phenols is 1. The molecule has 296 valence electrons. The zero-order chi connectivity index (χ0) is 40.4. The number of aromatic amines is 1. The van der Waals surface area contributed by atoms with Crippen molar-refractivity contribution in [3.05, 3.63) is 101 Å². The maximum atomic E-state index is 14.3. The summed E-state index contributed by atoms with van der Waals surface area (Å²) < 4.78 is 0. The summed E-state index contributed by atoms with van der Waals surface area (Å²) in [6.07, 6.45) is 0.634. The Balaban J connectivity index is 1.38. The number of rotatable bonds is 17. The van der Waals surface area contributed by atoms with Gasteiger partial charge in [-0.1, -0.05) is 80.9 Å². The second kappa shape index (κ2) is 18.9. The minimum Gasteiger partial charge on any atom is -0.508 e. The lowest BCUT2D eigenvalue weighted by molar-refractivity contribution is -0.143. The van der Waals surface area contributed by atoms with Gasteiger partial charge in [-0.3, -0.25) is 24.0 Å². The van der Waals surface area contributed by atoms with Gasteiger partial charge in [-0.25, -0.2) is 4.79 Å². The lowest BCUT2D eigenvalue weighted by Crippen LogP contribution is -2.59. The van der Waals surface area contributed by atoms with E-state index in [-0.39, 0.29) is 44.5 Å². The Kier molecular flexibility index (Phi) is 13.8. The molecule has 5 amide bonds. The van der Waals surface area contributed by atoms with Crippen LogP contribution < -0.4 is 27.0 Å². The first-order valence-electron chi connectivity index (χ1n) is 18.7. The quantitative estimate of drug-likeness (QED) is 0.0779. The van der Waals surface area contributed by atoms with Crippen LogP contribution in [-0.4, -0.2) is 92.9 Å². The highest BCUT2D eigenvalue weighted by Gasteiger charge is 2.37. The molecule has 9 N–H and O–H groups in total. The molecule has 3 aromatic carbocycles. The molecule has 0 spiro atoms. The number of amides is 5. The highest BCUT2D eigenvalue weighted by atomic mass is 16.4. The van der Waals surface area contributed by atoms with Crippen LogP contribution in [0.25, 0.3) is 10.9 Å².